The third kappa shape index (κ3) is 4.58. The number of morpholine rings is 2. The van der Waals surface area contributed by atoms with Gasteiger partial charge in [-0.1, -0.05) is 24.3 Å². The maximum absolute atomic E-state index is 9.74. The molecule has 8 nitrogen and oxygen atoms in total. The van der Waals surface area contributed by atoms with Crippen molar-refractivity contribution in [3.8, 4) is 0 Å². The van der Waals surface area contributed by atoms with Gasteiger partial charge in [0.2, 0.25) is 0 Å². The average molecular weight is 464 g/mol. The van der Waals surface area contributed by atoms with Gasteiger partial charge in [0, 0.05) is 36.5 Å². The molecule has 10 heteroatoms. The molecule has 2 aromatic carbocycles. The topological polar surface area (TPSA) is 117 Å². The van der Waals surface area contributed by atoms with Crippen LogP contribution in [0.15, 0.2) is 48.5 Å². The summed E-state index contributed by atoms with van der Waals surface area (Å²) in [5, 5.41) is 19.5. The standard InChI is InChI=1S/2C12H17BN2O2/c1-13(16)15-7-10-6-11(15)12(17-10)8-2-4-9(14)5-3-8;1-13(16)15-7-10-6-11(15)12(17-10)8-3-2-4-9(14)5-8/h2*2-5,10-12,16H,6-7,14H2,1H3. The van der Waals surface area contributed by atoms with Crippen molar-refractivity contribution in [3.63, 3.8) is 0 Å². The van der Waals surface area contributed by atoms with Crippen LogP contribution in [0.4, 0.5) is 11.4 Å². The first-order valence-electron chi connectivity index (χ1n) is 12.2. The minimum atomic E-state index is -0.405. The fraction of sp³-hybridized carbons (Fsp3) is 0.500. The molecule has 6 rings (SSSR count). The van der Waals surface area contributed by atoms with Crippen LogP contribution in [0, 0.1) is 0 Å². The van der Waals surface area contributed by atoms with Crippen LogP contribution in [0.25, 0.3) is 0 Å². The van der Waals surface area contributed by atoms with Crippen molar-refractivity contribution in [1.29, 1.82) is 0 Å². The van der Waals surface area contributed by atoms with E-state index in [0.717, 1.165) is 48.4 Å². The molecule has 34 heavy (non-hydrogen) atoms. The monoisotopic (exact) mass is 464 g/mol. The second-order valence-electron chi connectivity index (χ2n) is 9.96. The Labute approximate surface area is 202 Å². The Balaban J connectivity index is 0.000000142. The van der Waals surface area contributed by atoms with E-state index in [1.54, 1.807) is 0 Å². The Bertz CT molecular complexity index is 995. The van der Waals surface area contributed by atoms with Gasteiger partial charge in [0.05, 0.1) is 24.4 Å². The van der Waals surface area contributed by atoms with E-state index in [2.05, 4.69) is 9.62 Å². The molecule has 0 radical (unpaired) electrons. The highest BCUT2D eigenvalue weighted by Crippen LogP contribution is 2.43. The summed E-state index contributed by atoms with van der Waals surface area (Å²) < 4.78 is 11.9. The van der Waals surface area contributed by atoms with Gasteiger partial charge in [-0.15, -0.1) is 0 Å². The van der Waals surface area contributed by atoms with Crippen LogP contribution in [-0.4, -0.2) is 71.2 Å². The number of nitrogens with two attached hydrogens (primary N) is 2. The smallest absolute Gasteiger partial charge is 0.376 e. The Kier molecular flexibility index (Phi) is 6.63. The van der Waals surface area contributed by atoms with Crippen molar-refractivity contribution in [2.45, 2.75) is 63.0 Å². The van der Waals surface area contributed by atoms with Crippen LogP contribution < -0.4 is 11.5 Å². The summed E-state index contributed by atoms with van der Waals surface area (Å²) in [4.78, 5) is 4.23. The molecule has 6 unspecified atom stereocenters. The van der Waals surface area contributed by atoms with Crippen molar-refractivity contribution in [3.05, 3.63) is 59.7 Å². The Morgan fingerprint density at radius 2 is 1.29 bits per heavy atom. The number of nitrogens with zero attached hydrogens (tertiary/aromatic N) is 2. The SMILES string of the molecule is CB(O)N1CC2CC1C(c1ccc(N)cc1)O2.CB(O)N1CC2CC1C(c1cccc(N)c1)O2. The Hall–Kier alpha value is -2.07. The van der Waals surface area contributed by atoms with E-state index in [4.69, 9.17) is 20.9 Å². The van der Waals surface area contributed by atoms with E-state index in [0.29, 0.717) is 6.04 Å². The molecule has 4 saturated heterocycles. The third-order valence-electron chi connectivity index (χ3n) is 7.53. The van der Waals surface area contributed by atoms with E-state index in [1.807, 2.05) is 62.2 Å². The van der Waals surface area contributed by atoms with Crippen molar-refractivity contribution in [1.82, 2.24) is 9.62 Å². The highest BCUT2D eigenvalue weighted by Gasteiger charge is 2.49. The molecular formula is C24H34B2N4O4. The lowest BCUT2D eigenvalue weighted by Crippen LogP contribution is -2.46. The fourth-order valence-corrected chi connectivity index (χ4v) is 5.97. The Morgan fingerprint density at radius 1 is 0.765 bits per heavy atom. The number of nitrogen functional groups attached to an aromatic ring is 2. The highest BCUT2D eigenvalue weighted by atomic mass is 16.5. The van der Waals surface area contributed by atoms with Crippen molar-refractivity contribution in [2.24, 2.45) is 0 Å². The molecule has 4 bridgehead atoms. The predicted molar refractivity (Wildman–Crippen MR) is 135 cm³/mol. The molecule has 4 aliphatic rings. The molecule has 0 aliphatic carbocycles. The normalized spacial score (nSPS) is 32.0. The lowest BCUT2D eigenvalue weighted by Gasteiger charge is -2.34. The zero-order valence-corrected chi connectivity index (χ0v) is 19.8. The van der Waals surface area contributed by atoms with Gasteiger partial charge in [0.15, 0.2) is 0 Å². The van der Waals surface area contributed by atoms with Gasteiger partial charge in [0.25, 0.3) is 0 Å². The van der Waals surface area contributed by atoms with Crippen molar-refractivity contribution < 1.29 is 19.5 Å². The molecular weight excluding hydrogens is 430 g/mol. The molecule has 180 valence electrons. The molecule has 0 aromatic heterocycles. The summed E-state index contributed by atoms with van der Waals surface area (Å²) in [6.07, 6.45) is 2.65. The maximum Gasteiger partial charge on any atom is 0.376 e. The third-order valence-corrected chi connectivity index (χ3v) is 7.53. The zero-order valence-electron chi connectivity index (χ0n) is 19.8. The minimum absolute atomic E-state index is 0.0480. The largest absolute Gasteiger partial charge is 0.437 e. The number of hydrogen-bond donors (Lipinski definition) is 4. The first kappa shape index (κ1) is 23.7. The highest BCUT2D eigenvalue weighted by molar-refractivity contribution is 6.45. The van der Waals surface area contributed by atoms with Crippen LogP contribution in [0.3, 0.4) is 0 Å². The van der Waals surface area contributed by atoms with E-state index in [1.165, 1.54) is 0 Å². The van der Waals surface area contributed by atoms with E-state index in [9.17, 15) is 10.0 Å². The van der Waals surface area contributed by atoms with E-state index < -0.39 is 14.1 Å². The number of rotatable bonds is 4. The lowest BCUT2D eigenvalue weighted by molar-refractivity contribution is -0.0152. The molecule has 0 amide bonds. The number of anilines is 2. The van der Waals surface area contributed by atoms with E-state index in [-0.39, 0.29) is 30.5 Å². The average Bonchev–Trinajstić information content (AvgIpc) is 3.60. The van der Waals surface area contributed by atoms with Crippen molar-refractivity contribution >= 4 is 25.5 Å². The molecule has 6 atom stereocenters. The summed E-state index contributed by atoms with van der Waals surface area (Å²) in [6, 6.07) is 16.2. The molecule has 0 saturated carbocycles. The molecule has 4 fully saturated rings. The predicted octanol–water partition coefficient (Wildman–Crippen LogP) is 1.79. The van der Waals surface area contributed by atoms with Gasteiger partial charge in [-0.25, -0.2) is 0 Å². The maximum atomic E-state index is 9.74. The van der Waals surface area contributed by atoms with Gasteiger partial charge in [-0.05, 0) is 61.9 Å². The van der Waals surface area contributed by atoms with Gasteiger partial charge in [0.1, 0.15) is 0 Å². The Morgan fingerprint density at radius 3 is 1.76 bits per heavy atom. The van der Waals surface area contributed by atoms with Crippen molar-refractivity contribution in [2.75, 3.05) is 24.6 Å². The lowest BCUT2D eigenvalue weighted by atomic mass is 9.82. The van der Waals surface area contributed by atoms with Gasteiger partial charge >= 0.3 is 14.1 Å². The van der Waals surface area contributed by atoms with Crippen LogP contribution >= 0.6 is 0 Å². The fourth-order valence-electron chi connectivity index (χ4n) is 5.97. The van der Waals surface area contributed by atoms with Crippen LogP contribution in [0.1, 0.15) is 36.2 Å². The number of benzene rings is 2. The second kappa shape index (κ2) is 9.53. The number of hydrogen-bond acceptors (Lipinski definition) is 8. The van der Waals surface area contributed by atoms with Gasteiger partial charge in [-0.3, -0.25) is 0 Å². The van der Waals surface area contributed by atoms with E-state index >= 15 is 0 Å². The van der Waals surface area contributed by atoms with Crippen LogP contribution in [-0.2, 0) is 9.47 Å². The first-order valence-corrected chi connectivity index (χ1v) is 12.2. The molecule has 6 N–H and O–H groups in total. The number of ether oxygens (including phenoxy) is 2. The second-order valence-corrected chi connectivity index (χ2v) is 9.96. The molecule has 2 aromatic rings. The van der Waals surface area contributed by atoms with Gasteiger partial charge < -0.3 is 40.6 Å². The number of fused-ring (bicyclic) bond motifs is 4. The van der Waals surface area contributed by atoms with Crippen LogP contribution in [0.5, 0.6) is 0 Å². The molecule has 4 aliphatic heterocycles. The summed E-state index contributed by atoms with van der Waals surface area (Å²) in [5.74, 6) is 0. The zero-order chi connectivity index (χ0) is 24.0. The minimum Gasteiger partial charge on any atom is -0.437 e. The quantitative estimate of drug-likeness (QED) is 0.400. The summed E-state index contributed by atoms with van der Waals surface area (Å²) in [6.45, 7) is 5.31. The summed E-state index contributed by atoms with van der Waals surface area (Å²) in [5.41, 5.74) is 15.3. The summed E-state index contributed by atoms with van der Waals surface area (Å²) >= 11 is 0. The molecule has 0 spiro atoms. The van der Waals surface area contributed by atoms with Gasteiger partial charge in [-0.2, -0.15) is 0 Å². The molecule has 4 heterocycles. The summed E-state index contributed by atoms with van der Waals surface area (Å²) in [7, 11) is -0.803. The van der Waals surface area contributed by atoms with Crippen LogP contribution in [0.2, 0.25) is 13.6 Å². The first-order chi connectivity index (χ1) is 16.3.